The van der Waals surface area contributed by atoms with Crippen molar-refractivity contribution in [3.63, 3.8) is 0 Å². The lowest BCUT2D eigenvalue weighted by atomic mass is 9.94. The lowest BCUT2D eigenvalue weighted by Gasteiger charge is -2.13. The van der Waals surface area contributed by atoms with Gasteiger partial charge in [-0.2, -0.15) is 5.10 Å². The molecule has 0 fully saturated rings. The molecule has 21 heavy (non-hydrogen) atoms. The van der Waals surface area contributed by atoms with Crippen molar-refractivity contribution in [2.45, 2.75) is 12.8 Å². The summed E-state index contributed by atoms with van der Waals surface area (Å²) in [6.07, 6.45) is 1.68. The van der Waals surface area contributed by atoms with E-state index in [0.29, 0.717) is 0 Å². The summed E-state index contributed by atoms with van der Waals surface area (Å²) in [4.78, 5) is 0. The number of para-hydroxylation sites is 1. The van der Waals surface area contributed by atoms with Gasteiger partial charge in [0.05, 0.1) is 11.2 Å². The fourth-order valence-corrected chi connectivity index (χ4v) is 2.86. The highest BCUT2D eigenvalue weighted by atomic mass is 16.3. The van der Waals surface area contributed by atoms with E-state index in [-0.39, 0.29) is 12.5 Å². The van der Waals surface area contributed by atoms with Crippen LogP contribution in [0.15, 0.2) is 54.6 Å². The zero-order chi connectivity index (χ0) is 14.7. The molecule has 1 heterocycles. The molecule has 1 aromatic heterocycles. The van der Waals surface area contributed by atoms with E-state index in [9.17, 15) is 5.11 Å². The number of hydrogen-bond donors (Lipinski definition) is 1. The summed E-state index contributed by atoms with van der Waals surface area (Å²) in [5, 5.41) is 15.5. The van der Waals surface area contributed by atoms with E-state index in [1.165, 1.54) is 10.9 Å². The standard InChI is InChI=1S/C18H20N2O/c1-20-18-10-6-5-9-16(18)17(19-20)12-15(13-21)11-14-7-3-2-4-8-14/h2-10,15,21H,11-13H2,1H3. The third kappa shape index (κ3) is 2.98. The number of nitrogens with zero attached hydrogens (tertiary/aromatic N) is 2. The van der Waals surface area contributed by atoms with Crippen molar-refractivity contribution in [3.8, 4) is 0 Å². The maximum atomic E-state index is 9.69. The molecule has 0 aliphatic heterocycles. The second kappa shape index (κ2) is 6.10. The SMILES string of the molecule is Cn1nc(CC(CO)Cc2ccccc2)c2ccccc21. The average molecular weight is 280 g/mol. The van der Waals surface area contributed by atoms with Gasteiger partial charge in [0.1, 0.15) is 0 Å². The minimum absolute atomic E-state index is 0.180. The molecule has 3 rings (SSSR count). The highest BCUT2D eigenvalue weighted by Crippen LogP contribution is 2.21. The van der Waals surface area contributed by atoms with Gasteiger partial charge in [0, 0.05) is 19.0 Å². The van der Waals surface area contributed by atoms with Gasteiger partial charge in [0.2, 0.25) is 0 Å². The van der Waals surface area contributed by atoms with Crippen LogP contribution in [0.25, 0.3) is 10.9 Å². The van der Waals surface area contributed by atoms with E-state index in [2.05, 4.69) is 29.4 Å². The van der Waals surface area contributed by atoms with Crippen LogP contribution in [0.5, 0.6) is 0 Å². The third-order valence-corrected chi connectivity index (χ3v) is 3.94. The molecule has 0 bridgehead atoms. The maximum absolute atomic E-state index is 9.69. The number of aromatic nitrogens is 2. The first-order valence-corrected chi connectivity index (χ1v) is 7.33. The van der Waals surface area contributed by atoms with Crippen molar-refractivity contribution in [1.29, 1.82) is 0 Å². The number of aliphatic hydroxyl groups excluding tert-OH is 1. The lowest BCUT2D eigenvalue weighted by molar-refractivity contribution is 0.224. The Morgan fingerprint density at radius 3 is 2.48 bits per heavy atom. The second-order valence-corrected chi connectivity index (χ2v) is 5.53. The van der Waals surface area contributed by atoms with Gasteiger partial charge < -0.3 is 5.11 Å². The Hall–Kier alpha value is -2.13. The van der Waals surface area contributed by atoms with Gasteiger partial charge in [-0.1, -0.05) is 48.5 Å². The van der Waals surface area contributed by atoms with Crippen LogP contribution in [0.1, 0.15) is 11.3 Å². The van der Waals surface area contributed by atoms with Gasteiger partial charge in [-0.15, -0.1) is 0 Å². The van der Waals surface area contributed by atoms with E-state index >= 15 is 0 Å². The Morgan fingerprint density at radius 1 is 1.00 bits per heavy atom. The van der Waals surface area contributed by atoms with E-state index in [1.54, 1.807) is 0 Å². The highest BCUT2D eigenvalue weighted by molar-refractivity contribution is 5.81. The van der Waals surface area contributed by atoms with Crippen molar-refractivity contribution in [1.82, 2.24) is 9.78 Å². The molecule has 0 saturated heterocycles. The summed E-state index contributed by atoms with van der Waals surface area (Å²) < 4.78 is 1.92. The average Bonchev–Trinajstić information content (AvgIpc) is 2.84. The largest absolute Gasteiger partial charge is 0.396 e. The van der Waals surface area contributed by atoms with Crippen LogP contribution in [0, 0.1) is 5.92 Å². The molecule has 108 valence electrons. The quantitative estimate of drug-likeness (QED) is 0.780. The van der Waals surface area contributed by atoms with Gasteiger partial charge in [-0.3, -0.25) is 4.68 Å². The molecule has 0 saturated carbocycles. The number of benzene rings is 2. The Kier molecular flexibility index (Phi) is 4.02. The van der Waals surface area contributed by atoms with E-state index < -0.39 is 0 Å². The summed E-state index contributed by atoms with van der Waals surface area (Å²) in [5.41, 5.74) is 3.48. The summed E-state index contributed by atoms with van der Waals surface area (Å²) in [7, 11) is 1.97. The molecule has 0 amide bonds. The lowest BCUT2D eigenvalue weighted by Crippen LogP contribution is -2.13. The van der Waals surface area contributed by atoms with Crippen LogP contribution in [0.2, 0.25) is 0 Å². The molecule has 1 unspecified atom stereocenters. The summed E-state index contributed by atoms with van der Waals surface area (Å²) in [5.74, 6) is 0.200. The normalized spacial score (nSPS) is 12.7. The van der Waals surface area contributed by atoms with Gasteiger partial charge >= 0.3 is 0 Å². The van der Waals surface area contributed by atoms with E-state index in [4.69, 9.17) is 0 Å². The first-order valence-electron chi connectivity index (χ1n) is 7.33. The zero-order valence-electron chi connectivity index (χ0n) is 12.2. The van der Waals surface area contributed by atoms with Crippen molar-refractivity contribution in [2.24, 2.45) is 13.0 Å². The zero-order valence-corrected chi connectivity index (χ0v) is 12.2. The molecule has 1 N–H and O–H groups in total. The van der Waals surface area contributed by atoms with Crippen LogP contribution in [0.4, 0.5) is 0 Å². The first-order chi connectivity index (χ1) is 10.3. The van der Waals surface area contributed by atoms with Gasteiger partial charge in [0.15, 0.2) is 0 Å². The Bertz CT molecular complexity index is 718. The minimum atomic E-state index is 0.180. The molecule has 3 aromatic rings. The molecule has 0 aliphatic carbocycles. The van der Waals surface area contributed by atoms with Crippen molar-refractivity contribution in [3.05, 3.63) is 65.9 Å². The van der Waals surface area contributed by atoms with Crippen LogP contribution < -0.4 is 0 Å². The number of aliphatic hydroxyl groups is 1. The molecule has 0 aliphatic rings. The Balaban J connectivity index is 1.83. The predicted octanol–water partition coefficient (Wildman–Crippen LogP) is 2.97. The number of aryl methyl sites for hydroxylation is 1. The molecule has 3 nitrogen and oxygen atoms in total. The molecule has 1 atom stereocenters. The molecular formula is C18H20N2O. The monoisotopic (exact) mass is 280 g/mol. The van der Waals surface area contributed by atoms with Crippen LogP contribution >= 0.6 is 0 Å². The highest BCUT2D eigenvalue weighted by Gasteiger charge is 2.15. The Morgan fingerprint density at radius 2 is 1.71 bits per heavy atom. The summed E-state index contributed by atoms with van der Waals surface area (Å²) >= 11 is 0. The molecule has 0 radical (unpaired) electrons. The number of fused-ring (bicyclic) bond motifs is 1. The van der Waals surface area contributed by atoms with Crippen LogP contribution in [-0.2, 0) is 19.9 Å². The van der Waals surface area contributed by atoms with E-state index in [0.717, 1.165) is 24.1 Å². The fourth-order valence-electron chi connectivity index (χ4n) is 2.86. The molecule has 2 aromatic carbocycles. The molecular weight excluding hydrogens is 260 g/mol. The van der Waals surface area contributed by atoms with Gasteiger partial charge in [-0.05, 0) is 30.4 Å². The third-order valence-electron chi connectivity index (χ3n) is 3.94. The Labute approximate surface area is 124 Å². The number of hydrogen-bond acceptors (Lipinski definition) is 2. The van der Waals surface area contributed by atoms with Crippen molar-refractivity contribution >= 4 is 10.9 Å². The van der Waals surface area contributed by atoms with Gasteiger partial charge in [-0.25, -0.2) is 0 Å². The van der Waals surface area contributed by atoms with Gasteiger partial charge in [0.25, 0.3) is 0 Å². The smallest absolute Gasteiger partial charge is 0.0707 e. The predicted molar refractivity (Wildman–Crippen MR) is 85.1 cm³/mol. The topological polar surface area (TPSA) is 38.0 Å². The first kappa shape index (κ1) is 13.8. The summed E-state index contributed by atoms with van der Waals surface area (Å²) in [6, 6.07) is 18.6. The second-order valence-electron chi connectivity index (χ2n) is 5.53. The van der Waals surface area contributed by atoms with Crippen LogP contribution in [-0.4, -0.2) is 21.5 Å². The van der Waals surface area contributed by atoms with Crippen molar-refractivity contribution < 1.29 is 5.11 Å². The maximum Gasteiger partial charge on any atom is 0.0707 e. The molecule has 3 heteroatoms. The van der Waals surface area contributed by atoms with E-state index in [1.807, 2.05) is 42.1 Å². The van der Waals surface area contributed by atoms with Crippen molar-refractivity contribution in [2.75, 3.05) is 6.61 Å². The summed E-state index contributed by atoms with van der Waals surface area (Å²) in [6.45, 7) is 0.180. The fraction of sp³-hybridized carbons (Fsp3) is 0.278. The number of rotatable bonds is 5. The van der Waals surface area contributed by atoms with Crippen LogP contribution in [0.3, 0.4) is 0 Å². The molecule has 0 spiro atoms. The minimum Gasteiger partial charge on any atom is -0.396 e.